The van der Waals surface area contributed by atoms with E-state index < -0.39 is 0 Å². The maximum absolute atomic E-state index is 3.78. The van der Waals surface area contributed by atoms with Crippen LogP contribution in [0.15, 0.2) is 24.9 Å². The lowest BCUT2D eigenvalue weighted by molar-refractivity contribution is 0.420. The zero-order valence-electron chi connectivity index (χ0n) is 7.20. The summed E-state index contributed by atoms with van der Waals surface area (Å²) in [4.78, 5) is 0. The highest BCUT2D eigenvalue weighted by molar-refractivity contribution is 5.10. The van der Waals surface area contributed by atoms with Crippen molar-refractivity contribution >= 4 is 0 Å². The minimum absolute atomic E-state index is 0.144. The first-order valence-electron chi connectivity index (χ1n) is 3.61. The van der Waals surface area contributed by atoms with Crippen LogP contribution in [-0.2, 0) is 0 Å². The van der Waals surface area contributed by atoms with Gasteiger partial charge in [0, 0.05) is 11.2 Å². The van der Waals surface area contributed by atoms with Crippen LogP contribution in [0.1, 0.15) is 27.2 Å². The minimum Gasteiger partial charge on any atom is -0.381 e. The van der Waals surface area contributed by atoms with E-state index in [1.54, 1.807) is 6.08 Å². The summed E-state index contributed by atoms with van der Waals surface area (Å²) in [6.07, 6.45) is 2.82. The summed E-state index contributed by atoms with van der Waals surface area (Å²) in [5.41, 5.74) is 1.04. The normalized spacial score (nSPS) is 10.7. The van der Waals surface area contributed by atoms with Crippen molar-refractivity contribution in [3.63, 3.8) is 0 Å². The number of nitrogens with one attached hydrogen (secondary N) is 1. The van der Waals surface area contributed by atoms with Crippen molar-refractivity contribution < 1.29 is 0 Å². The van der Waals surface area contributed by atoms with E-state index in [1.165, 1.54) is 0 Å². The first-order chi connectivity index (χ1) is 4.52. The maximum atomic E-state index is 3.78. The lowest BCUT2D eigenvalue weighted by atomic mass is 10.0. The van der Waals surface area contributed by atoms with Crippen molar-refractivity contribution in [2.75, 3.05) is 0 Å². The second kappa shape index (κ2) is 3.45. The van der Waals surface area contributed by atoms with Crippen LogP contribution in [0.3, 0.4) is 0 Å². The molecule has 0 radical (unpaired) electrons. The molecule has 0 amide bonds. The van der Waals surface area contributed by atoms with E-state index in [0.717, 1.165) is 12.1 Å². The molecule has 0 aliphatic heterocycles. The van der Waals surface area contributed by atoms with E-state index in [2.05, 4.69) is 39.2 Å². The third kappa shape index (κ3) is 3.33. The van der Waals surface area contributed by atoms with Gasteiger partial charge >= 0.3 is 0 Å². The van der Waals surface area contributed by atoms with Gasteiger partial charge < -0.3 is 5.32 Å². The minimum atomic E-state index is 0.144. The Morgan fingerprint density at radius 1 is 1.60 bits per heavy atom. The van der Waals surface area contributed by atoms with Gasteiger partial charge in [0.2, 0.25) is 0 Å². The van der Waals surface area contributed by atoms with Crippen molar-refractivity contribution in [1.29, 1.82) is 0 Å². The molecule has 0 aliphatic carbocycles. The van der Waals surface area contributed by atoms with E-state index in [4.69, 9.17) is 0 Å². The smallest absolute Gasteiger partial charge is 0.0314 e. The van der Waals surface area contributed by atoms with Gasteiger partial charge in [-0.2, -0.15) is 0 Å². The summed E-state index contributed by atoms with van der Waals surface area (Å²) < 4.78 is 0. The molecule has 0 spiro atoms. The number of allylic oxidation sites excluding steroid dienone is 1. The van der Waals surface area contributed by atoms with Crippen molar-refractivity contribution in [3.05, 3.63) is 24.9 Å². The highest BCUT2D eigenvalue weighted by Crippen LogP contribution is 2.08. The third-order valence-electron chi connectivity index (χ3n) is 1.63. The van der Waals surface area contributed by atoms with E-state index in [-0.39, 0.29) is 5.54 Å². The molecule has 1 N–H and O–H groups in total. The topological polar surface area (TPSA) is 12.0 Å². The zero-order valence-corrected chi connectivity index (χ0v) is 7.20. The van der Waals surface area contributed by atoms with Gasteiger partial charge in [0.1, 0.15) is 0 Å². The molecule has 0 aromatic heterocycles. The molecule has 0 saturated heterocycles. The Morgan fingerprint density at radius 2 is 2.10 bits per heavy atom. The fourth-order valence-corrected chi connectivity index (χ4v) is 0.574. The van der Waals surface area contributed by atoms with Gasteiger partial charge in [-0.15, -0.1) is 0 Å². The SMILES string of the molecule is C=CC(=C)NC(C)(C)CC. The van der Waals surface area contributed by atoms with E-state index in [9.17, 15) is 0 Å². The van der Waals surface area contributed by atoms with Crippen LogP contribution < -0.4 is 5.32 Å². The molecule has 0 aromatic rings. The molecule has 0 rings (SSSR count). The Morgan fingerprint density at radius 3 is 2.40 bits per heavy atom. The molecule has 58 valence electrons. The Hall–Kier alpha value is -0.720. The largest absolute Gasteiger partial charge is 0.381 e. The number of hydrogen-bond donors (Lipinski definition) is 1. The second-order valence-electron chi connectivity index (χ2n) is 3.09. The fraction of sp³-hybridized carbons (Fsp3) is 0.556. The van der Waals surface area contributed by atoms with Crippen LogP contribution in [0.5, 0.6) is 0 Å². The molecule has 0 heterocycles. The molecule has 10 heavy (non-hydrogen) atoms. The van der Waals surface area contributed by atoms with E-state index in [1.807, 2.05) is 0 Å². The van der Waals surface area contributed by atoms with Crippen LogP contribution in [0.4, 0.5) is 0 Å². The standard InChI is InChI=1S/C9H17N/c1-6-8(3)10-9(4,5)7-2/h6,10H,1,3,7H2,2,4-5H3. The second-order valence-corrected chi connectivity index (χ2v) is 3.09. The van der Waals surface area contributed by atoms with Gasteiger partial charge in [-0.05, 0) is 26.3 Å². The van der Waals surface area contributed by atoms with Crippen molar-refractivity contribution in [1.82, 2.24) is 5.32 Å². The van der Waals surface area contributed by atoms with Crippen molar-refractivity contribution in [2.24, 2.45) is 0 Å². The van der Waals surface area contributed by atoms with Crippen LogP contribution in [0, 0.1) is 0 Å². The van der Waals surface area contributed by atoms with Crippen molar-refractivity contribution in [2.45, 2.75) is 32.7 Å². The monoisotopic (exact) mass is 139 g/mol. The quantitative estimate of drug-likeness (QED) is 0.590. The summed E-state index contributed by atoms with van der Waals surface area (Å²) in [6.45, 7) is 13.8. The summed E-state index contributed by atoms with van der Waals surface area (Å²) in [5.74, 6) is 0. The molecule has 1 nitrogen and oxygen atoms in total. The van der Waals surface area contributed by atoms with Crippen molar-refractivity contribution in [3.8, 4) is 0 Å². The zero-order chi connectivity index (χ0) is 8.20. The third-order valence-corrected chi connectivity index (χ3v) is 1.63. The lowest BCUT2D eigenvalue weighted by Crippen LogP contribution is -2.36. The summed E-state index contributed by atoms with van der Waals surface area (Å²) >= 11 is 0. The molecule has 0 aromatic carbocycles. The first-order valence-corrected chi connectivity index (χ1v) is 3.61. The molecule has 0 atom stereocenters. The molecule has 0 saturated carbocycles. The van der Waals surface area contributed by atoms with Crippen LogP contribution in [0.2, 0.25) is 0 Å². The Kier molecular flexibility index (Phi) is 3.20. The van der Waals surface area contributed by atoms with Gasteiger partial charge in [0.15, 0.2) is 0 Å². The summed E-state index contributed by atoms with van der Waals surface area (Å²) in [6, 6.07) is 0. The summed E-state index contributed by atoms with van der Waals surface area (Å²) in [7, 11) is 0. The molecule has 1 heteroatoms. The highest BCUT2D eigenvalue weighted by Gasteiger charge is 2.12. The van der Waals surface area contributed by atoms with Gasteiger partial charge in [-0.3, -0.25) is 0 Å². The van der Waals surface area contributed by atoms with Gasteiger partial charge in [0.25, 0.3) is 0 Å². The van der Waals surface area contributed by atoms with E-state index in [0.29, 0.717) is 0 Å². The van der Waals surface area contributed by atoms with Gasteiger partial charge in [-0.1, -0.05) is 20.1 Å². The van der Waals surface area contributed by atoms with Crippen LogP contribution >= 0.6 is 0 Å². The Bertz CT molecular complexity index is 134. The maximum Gasteiger partial charge on any atom is 0.0314 e. The highest BCUT2D eigenvalue weighted by atomic mass is 15.0. The van der Waals surface area contributed by atoms with Crippen LogP contribution in [0.25, 0.3) is 0 Å². The van der Waals surface area contributed by atoms with E-state index >= 15 is 0 Å². The molecular formula is C9H17N. The first kappa shape index (κ1) is 9.28. The summed E-state index contributed by atoms with van der Waals surface area (Å²) in [5, 5.41) is 3.24. The fourth-order valence-electron chi connectivity index (χ4n) is 0.574. The predicted molar refractivity (Wildman–Crippen MR) is 46.8 cm³/mol. The average Bonchev–Trinajstić information content (AvgIpc) is 1.87. The molecule has 0 fully saturated rings. The number of rotatable bonds is 4. The lowest BCUT2D eigenvalue weighted by Gasteiger charge is -2.25. The predicted octanol–water partition coefficient (Wildman–Crippen LogP) is 2.46. The average molecular weight is 139 g/mol. The Balaban J connectivity index is 3.87. The van der Waals surface area contributed by atoms with Gasteiger partial charge in [0.05, 0.1) is 0 Å². The molecule has 0 unspecified atom stereocenters. The Labute approximate surface area is 63.8 Å². The molecule has 0 aliphatic rings. The molecular weight excluding hydrogens is 122 g/mol. The van der Waals surface area contributed by atoms with Gasteiger partial charge in [-0.25, -0.2) is 0 Å². The van der Waals surface area contributed by atoms with Crippen LogP contribution in [-0.4, -0.2) is 5.54 Å². The molecule has 0 bridgehead atoms. The number of hydrogen-bond acceptors (Lipinski definition) is 1.